The molecule has 106 valence electrons. The van der Waals surface area contributed by atoms with Gasteiger partial charge in [-0.3, -0.25) is 4.79 Å². The normalized spacial score (nSPS) is 11.2. The number of carboxylic acids is 1. The third-order valence-electron chi connectivity index (χ3n) is 2.00. The van der Waals surface area contributed by atoms with E-state index in [1.165, 1.54) is 0 Å². The zero-order valence-electron chi connectivity index (χ0n) is 9.62. The summed E-state index contributed by atoms with van der Waals surface area (Å²) in [5, 5.41) is 8.59. The Hall–Kier alpha value is -2.06. The van der Waals surface area contributed by atoms with Gasteiger partial charge in [0.05, 0.1) is 19.2 Å². The van der Waals surface area contributed by atoms with Gasteiger partial charge in [0.15, 0.2) is 5.75 Å². The minimum atomic E-state index is -4.99. The van der Waals surface area contributed by atoms with Crippen LogP contribution >= 0.6 is 0 Å². The largest absolute Gasteiger partial charge is 0.573 e. The molecule has 0 fully saturated rings. The van der Waals surface area contributed by atoms with Crippen LogP contribution in [0.15, 0.2) is 6.07 Å². The lowest BCUT2D eigenvalue weighted by atomic mass is 10.1. The number of carboxylic acid groups (broad SMARTS) is 1. The fraction of sp³-hybridized carbons (Fsp3) is 0.400. The molecule has 1 heterocycles. The maximum Gasteiger partial charge on any atom is 0.573 e. The fourth-order valence-electron chi connectivity index (χ4n) is 1.31. The van der Waals surface area contributed by atoms with Crippen LogP contribution < -0.4 is 9.47 Å². The van der Waals surface area contributed by atoms with E-state index in [0.29, 0.717) is 0 Å². The Kier molecular flexibility index (Phi) is 4.52. The molecule has 9 heteroatoms. The van der Waals surface area contributed by atoms with Gasteiger partial charge in [-0.05, 0) is 6.07 Å². The first-order valence-corrected chi connectivity index (χ1v) is 4.87. The van der Waals surface area contributed by atoms with E-state index < -0.39 is 37.1 Å². The number of pyridine rings is 1. The second kappa shape index (κ2) is 5.72. The van der Waals surface area contributed by atoms with Crippen molar-refractivity contribution in [3.8, 4) is 11.6 Å². The summed E-state index contributed by atoms with van der Waals surface area (Å²) in [6.07, 6.45) is -5.63. The molecule has 0 saturated carbocycles. The van der Waals surface area contributed by atoms with Crippen LogP contribution in [0.25, 0.3) is 0 Å². The summed E-state index contributed by atoms with van der Waals surface area (Å²) in [7, 11) is 1.03. The van der Waals surface area contributed by atoms with Crippen LogP contribution in [0, 0.1) is 0 Å². The lowest BCUT2D eigenvalue weighted by Crippen LogP contribution is -2.18. The number of aromatic nitrogens is 1. The van der Waals surface area contributed by atoms with Crippen LogP contribution in [-0.2, 0) is 17.9 Å². The number of aliphatic carboxylic acids is 1. The molecule has 0 bridgehead atoms. The maximum atomic E-state index is 12.7. The van der Waals surface area contributed by atoms with E-state index in [1.807, 2.05) is 0 Å². The van der Waals surface area contributed by atoms with Crippen molar-refractivity contribution in [3.63, 3.8) is 0 Å². The fourth-order valence-corrected chi connectivity index (χ4v) is 1.31. The number of hydrogen-bond acceptors (Lipinski definition) is 4. The van der Waals surface area contributed by atoms with E-state index in [2.05, 4.69) is 14.5 Å². The number of methoxy groups -OCH3 is 1. The topological polar surface area (TPSA) is 68.7 Å². The number of alkyl halides is 4. The molecule has 0 aliphatic heterocycles. The highest BCUT2D eigenvalue weighted by Crippen LogP contribution is 2.32. The highest BCUT2D eigenvalue weighted by atomic mass is 19.4. The summed E-state index contributed by atoms with van der Waals surface area (Å²) >= 11 is 0. The minimum Gasteiger partial charge on any atom is -0.481 e. The van der Waals surface area contributed by atoms with Crippen molar-refractivity contribution < 1.29 is 36.9 Å². The predicted octanol–water partition coefficient (Wildman–Crippen LogP) is 2.09. The molecule has 0 saturated heterocycles. The van der Waals surface area contributed by atoms with Gasteiger partial charge in [0.25, 0.3) is 5.88 Å². The van der Waals surface area contributed by atoms with Crippen molar-refractivity contribution in [1.29, 1.82) is 0 Å². The molecule has 0 atom stereocenters. The number of halogens is 4. The van der Waals surface area contributed by atoms with Crippen LogP contribution in [0.4, 0.5) is 17.6 Å². The molecule has 0 aromatic carbocycles. The van der Waals surface area contributed by atoms with Crippen LogP contribution in [0.5, 0.6) is 11.6 Å². The Labute approximate surface area is 104 Å². The van der Waals surface area contributed by atoms with E-state index in [1.54, 1.807) is 0 Å². The molecule has 0 unspecified atom stereocenters. The molecule has 1 aromatic rings. The first kappa shape index (κ1) is 15.0. The molecule has 19 heavy (non-hydrogen) atoms. The smallest absolute Gasteiger partial charge is 0.481 e. The molecule has 1 aromatic heterocycles. The van der Waals surface area contributed by atoms with E-state index in [9.17, 15) is 22.4 Å². The van der Waals surface area contributed by atoms with Crippen molar-refractivity contribution in [2.75, 3.05) is 7.11 Å². The molecular formula is C10H9F4NO4. The summed E-state index contributed by atoms with van der Waals surface area (Å²) in [6, 6.07) is 0.720. The number of carbonyl (C=O) groups is 1. The molecule has 0 radical (unpaired) electrons. The molecular weight excluding hydrogens is 274 g/mol. The minimum absolute atomic E-state index is 0.221. The van der Waals surface area contributed by atoms with Crippen molar-refractivity contribution in [1.82, 2.24) is 4.98 Å². The molecule has 0 aliphatic rings. The zero-order valence-corrected chi connectivity index (χ0v) is 9.62. The summed E-state index contributed by atoms with van der Waals surface area (Å²) in [6.45, 7) is -1.17. The molecule has 0 aliphatic carbocycles. The van der Waals surface area contributed by atoms with Gasteiger partial charge in [-0.25, -0.2) is 9.37 Å². The van der Waals surface area contributed by atoms with Gasteiger partial charge >= 0.3 is 12.3 Å². The molecule has 1 N–H and O–H groups in total. The second-order valence-corrected chi connectivity index (χ2v) is 3.35. The predicted molar refractivity (Wildman–Crippen MR) is 53.6 cm³/mol. The average molecular weight is 283 g/mol. The van der Waals surface area contributed by atoms with Gasteiger partial charge < -0.3 is 14.6 Å². The highest BCUT2D eigenvalue weighted by Gasteiger charge is 2.33. The summed E-state index contributed by atoms with van der Waals surface area (Å²) in [5.41, 5.74) is -0.524. The zero-order chi connectivity index (χ0) is 14.6. The van der Waals surface area contributed by atoms with Crippen LogP contribution in [0.2, 0.25) is 0 Å². The van der Waals surface area contributed by atoms with Gasteiger partial charge in [0.2, 0.25) is 0 Å². The Morgan fingerprint density at radius 1 is 1.47 bits per heavy atom. The van der Waals surface area contributed by atoms with E-state index in [-0.39, 0.29) is 11.3 Å². The van der Waals surface area contributed by atoms with Crippen LogP contribution in [0.1, 0.15) is 11.3 Å². The molecule has 1 rings (SSSR count). The summed E-state index contributed by atoms with van der Waals surface area (Å²) < 4.78 is 57.2. The summed E-state index contributed by atoms with van der Waals surface area (Å²) in [4.78, 5) is 14.1. The van der Waals surface area contributed by atoms with Gasteiger partial charge in [-0.15, -0.1) is 13.2 Å². The van der Waals surface area contributed by atoms with Crippen molar-refractivity contribution in [2.24, 2.45) is 0 Å². The summed E-state index contributed by atoms with van der Waals surface area (Å²) in [5.74, 6) is -2.68. The first-order chi connectivity index (χ1) is 8.76. The number of hydrogen-bond donors (Lipinski definition) is 1. The first-order valence-electron chi connectivity index (χ1n) is 4.87. The Bertz CT molecular complexity index is 475. The molecule has 0 amide bonds. The maximum absolute atomic E-state index is 12.7. The standard InChI is InChI=1S/C10H9F4NO4/c1-18-9-7(19-10(12,13)14)2-5(4-11)6(15-9)3-8(16)17/h2H,3-4H2,1H3,(H,16,17). The Morgan fingerprint density at radius 2 is 2.11 bits per heavy atom. The lowest BCUT2D eigenvalue weighted by Gasteiger charge is -2.14. The number of nitrogens with zero attached hydrogens (tertiary/aromatic N) is 1. The van der Waals surface area contributed by atoms with Crippen LogP contribution in [0.3, 0.4) is 0 Å². The SMILES string of the molecule is COc1nc(CC(=O)O)c(CF)cc1OC(F)(F)F. The van der Waals surface area contributed by atoms with Gasteiger partial charge in [-0.1, -0.05) is 0 Å². The van der Waals surface area contributed by atoms with Gasteiger partial charge in [-0.2, -0.15) is 0 Å². The quantitative estimate of drug-likeness (QED) is 0.838. The van der Waals surface area contributed by atoms with E-state index in [0.717, 1.165) is 13.2 Å². The Balaban J connectivity index is 3.22. The third kappa shape index (κ3) is 4.27. The van der Waals surface area contributed by atoms with Gasteiger partial charge in [0.1, 0.15) is 6.67 Å². The number of ether oxygens (including phenoxy) is 2. The molecule has 0 spiro atoms. The number of rotatable bonds is 5. The third-order valence-corrected chi connectivity index (χ3v) is 2.00. The average Bonchev–Trinajstić information content (AvgIpc) is 2.27. The Morgan fingerprint density at radius 3 is 2.53 bits per heavy atom. The lowest BCUT2D eigenvalue weighted by molar-refractivity contribution is -0.275. The second-order valence-electron chi connectivity index (χ2n) is 3.35. The highest BCUT2D eigenvalue weighted by molar-refractivity contribution is 5.70. The monoisotopic (exact) mass is 283 g/mol. The van der Waals surface area contributed by atoms with Crippen molar-refractivity contribution in [3.05, 3.63) is 17.3 Å². The van der Waals surface area contributed by atoms with Crippen molar-refractivity contribution >= 4 is 5.97 Å². The van der Waals surface area contributed by atoms with Crippen LogP contribution in [-0.4, -0.2) is 29.5 Å². The van der Waals surface area contributed by atoms with E-state index >= 15 is 0 Å². The van der Waals surface area contributed by atoms with E-state index in [4.69, 9.17) is 5.11 Å². The molecule has 5 nitrogen and oxygen atoms in total. The van der Waals surface area contributed by atoms with Gasteiger partial charge in [0, 0.05) is 5.56 Å². The van der Waals surface area contributed by atoms with Crippen molar-refractivity contribution in [2.45, 2.75) is 19.5 Å².